The van der Waals surface area contributed by atoms with Crippen LogP contribution < -0.4 is 0 Å². The van der Waals surface area contributed by atoms with Crippen molar-refractivity contribution >= 4 is 11.9 Å². The van der Waals surface area contributed by atoms with Gasteiger partial charge in [-0.3, -0.25) is 9.59 Å². The number of carbonyl (C=O) groups excluding carboxylic acids is 2. The fourth-order valence-electron chi connectivity index (χ4n) is 2.77. The molecule has 0 aliphatic rings. The summed E-state index contributed by atoms with van der Waals surface area (Å²) in [6.45, 7) is 15.9. The van der Waals surface area contributed by atoms with E-state index in [-0.39, 0.29) is 35.6 Å². The molecule has 0 heterocycles. The first-order chi connectivity index (χ1) is 11.1. The Morgan fingerprint density at radius 1 is 0.667 bits per heavy atom. The summed E-state index contributed by atoms with van der Waals surface area (Å²) in [7, 11) is 0. The number of hydrogen-bond donors (Lipinski definition) is 0. The predicted octanol–water partition coefficient (Wildman–Crippen LogP) is 4.99. The van der Waals surface area contributed by atoms with E-state index in [0.717, 1.165) is 25.7 Å². The van der Waals surface area contributed by atoms with Gasteiger partial charge in [-0.25, -0.2) is 0 Å². The fourth-order valence-corrected chi connectivity index (χ4v) is 2.77. The molecule has 4 unspecified atom stereocenters. The maximum absolute atomic E-state index is 12.3. The van der Waals surface area contributed by atoms with Crippen molar-refractivity contribution in [3.05, 3.63) is 0 Å². The molecule has 4 heteroatoms. The van der Waals surface area contributed by atoms with Crippen LogP contribution in [-0.4, -0.2) is 24.1 Å². The first-order valence-electron chi connectivity index (χ1n) is 9.56. The van der Waals surface area contributed by atoms with E-state index in [0.29, 0.717) is 0 Å². The molecule has 4 nitrogen and oxygen atoms in total. The van der Waals surface area contributed by atoms with Gasteiger partial charge < -0.3 is 9.47 Å². The molecule has 0 spiro atoms. The van der Waals surface area contributed by atoms with Crippen LogP contribution >= 0.6 is 0 Å². The van der Waals surface area contributed by atoms with Crippen LogP contribution in [0.15, 0.2) is 0 Å². The van der Waals surface area contributed by atoms with Crippen molar-refractivity contribution in [2.24, 2.45) is 23.7 Å². The van der Waals surface area contributed by atoms with Gasteiger partial charge in [-0.2, -0.15) is 0 Å². The fraction of sp³-hybridized carbons (Fsp3) is 0.900. The zero-order valence-corrected chi connectivity index (χ0v) is 16.9. The largest absolute Gasteiger partial charge is 0.458 e. The minimum atomic E-state index is -0.408. The van der Waals surface area contributed by atoms with Crippen LogP contribution in [0.3, 0.4) is 0 Å². The zero-order valence-electron chi connectivity index (χ0n) is 16.9. The van der Waals surface area contributed by atoms with E-state index in [1.807, 2.05) is 41.5 Å². The summed E-state index contributed by atoms with van der Waals surface area (Å²) in [6, 6.07) is 0. The van der Waals surface area contributed by atoms with Crippen LogP contribution in [0.5, 0.6) is 0 Å². The SMILES string of the molecule is CCCC(C)C(=O)OC(C(C)C)C(OC(=O)C(C)CCC)C(C)C. The molecular formula is C20H38O4. The molecule has 0 fully saturated rings. The molecule has 0 radical (unpaired) electrons. The van der Waals surface area contributed by atoms with Gasteiger partial charge in [0, 0.05) is 0 Å². The Balaban J connectivity index is 5.10. The topological polar surface area (TPSA) is 52.6 Å². The lowest BCUT2D eigenvalue weighted by Gasteiger charge is -2.33. The highest BCUT2D eigenvalue weighted by Crippen LogP contribution is 2.24. The van der Waals surface area contributed by atoms with Crippen molar-refractivity contribution in [3.63, 3.8) is 0 Å². The highest BCUT2D eigenvalue weighted by Gasteiger charge is 2.35. The van der Waals surface area contributed by atoms with Gasteiger partial charge in [0.2, 0.25) is 0 Å². The third-order valence-corrected chi connectivity index (χ3v) is 4.39. The molecule has 0 bridgehead atoms. The van der Waals surface area contributed by atoms with Gasteiger partial charge in [-0.15, -0.1) is 0 Å². The molecule has 0 aromatic carbocycles. The summed E-state index contributed by atoms with van der Waals surface area (Å²) in [5, 5.41) is 0. The Bertz CT molecular complexity index is 340. The Morgan fingerprint density at radius 3 is 1.17 bits per heavy atom. The zero-order chi connectivity index (χ0) is 18.9. The standard InChI is InChI=1S/C20H38O4/c1-9-11-15(7)19(21)23-17(13(3)4)18(14(5)6)24-20(22)16(8)12-10-2/h13-18H,9-12H2,1-8H3. The van der Waals surface area contributed by atoms with Crippen molar-refractivity contribution in [2.75, 3.05) is 0 Å². The minimum absolute atomic E-state index is 0.0875. The summed E-state index contributed by atoms with van der Waals surface area (Å²) >= 11 is 0. The number of hydrogen-bond acceptors (Lipinski definition) is 4. The number of esters is 2. The van der Waals surface area contributed by atoms with E-state index >= 15 is 0 Å². The highest BCUT2D eigenvalue weighted by atomic mass is 16.6. The third-order valence-electron chi connectivity index (χ3n) is 4.39. The second kappa shape index (κ2) is 11.5. The predicted molar refractivity (Wildman–Crippen MR) is 97.6 cm³/mol. The average molecular weight is 343 g/mol. The summed E-state index contributed by atoms with van der Waals surface area (Å²) in [5.41, 5.74) is 0. The molecule has 0 aliphatic carbocycles. The second-order valence-corrected chi connectivity index (χ2v) is 7.67. The van der Waals surface area contributed by atoms with Gasteiger partial charge in [-0.05, 0) is 24.7 Å². The summed E-state index contributed by atoms with van der Waals surface area (Å²) < 4.78 is 11.5. The lowest BCUT2D eigenvalue weighted by molar-refractivity contribution is -0.180. The third kappa shape index (κ3) is 7.67. The van der Waals surface area contributed by atoms with E-state index in [4.69, 9.17) is 9.47 Å². The molecule has 0 saturated carbocycles. The Morgan fingerprint density at radius 2 is 0.958 bits per heavy atom. The van der Waals surface area contributed by atoms with E-state index in [1.165, 1.54) is 0 Å². The molecular weight excluding hydrogens is 304 g/mol. The first-order valence-corrected chi connectivity index (χ1v) is 9.56. The van der Waals surface area contributed by atoms with Gasteiger partial charge in [0.15, 0.2) is 0 Å². The molecule has 0 N–H and O–H groups in total. The van der Waals surface area contributed by atoms with Crippen LogP contribution in [0.1, 0.15) is 81.1 Å². The first kappa shape index (κ1) is 22.9. The smallest absolute Gasteiger partial charge is 0.309 e. The monoisotopic (exact) mass is 342 g/mol. The maximum atomic E-state index is 12.3. The van der Waals surface area contributed by atoms with Crippen molar-refractivity contribution < 1.29 is 19.1 Å². The molecule has 142 valence electrons. The van der Waals surface area contributed by atoms with Crippen molar-refractivity contribution in [2.45, 2.75) is 93.3 Å². The summed E-state index contributed by atoms with van der Waals surface area (Å²) in [4.78, 5) is 24.7. The van der Waals surface area contributed by atoms with Crippen molar-refractivity contribution in [1.82, 2.24) is 0 Å². The van der Waals surface area contributed by atoms with Crippen LogP contribution in [-0.2, 0) is 19.1 Å². The van der Waals surface area contributed by atoms with E-state index in [1.54, 1.807) is 0 Å². The molecule has 0 aliphatic heterocycles. The van der Waals surface area contributed by atoms with E-state index in [9.17, 15) is 9.59 Å². The van der Waals surface area contributed by atoms with E-state index < -0.39 is 12.2 Å². The minimum Gasteiger partial charge on any atom is -0.458 e. The molecule has 0 aromatic heterocycles. The maximum Gasteiger partial charge on any atom is 0.309 e. The second-order valence-electron chi connectivity index (χ2n) is 7.67. The molecule has 0 rings (SSSR count). The quantitative estimate of drug-likeness (QED) is 0.496. The number of rotatable bonds is 11. The average Bonchev–Trinajstić information content (AvgIpc) is 2.49. The van der Waals surface area contributed by atoms with Crippen LogP contribution in [0, 0.1) is 23.7 Å². The number of carbonyl (C=O) groups is 2. The lowest BCUT2D eigenvalue weighted by atomic mass is 9.93. The normalized spacial score (nSPS) is 16.6. The molecule has 24 heavy (non-hydrogen) atoms. The Kier molecular flexibility index (Phi) is 11.0. The molecule has 0 amide bonds. The van der Waals surface area contributed by atoms with Gasteiger partial charge in [0.05, 0.1) is 11.8 Å². The molecule has 4 atom stereocenters. The number of ether oxygens (including phenoxy) is 2. The van der Waals surface area contributed by atoms with Crippen LogP contribution in [0.2, 0.25) is 0 Å². The Hall–Kier alpha value is -1.06. The summed E-state index contributed by atoms with van der Waals surface area (Å²) in [5.74, 6) is -0.468. The van der Waals surface area contributed by atoms with Gasteiger partial charge in [0.25, 0.3) is 0 Å². The van der Waals surface area contributed by atoms with Crippen molar-refractivity contribution in [3.8, 4) is 0 Å². The van der Waals surface area contributed by atoms with Crippen molar-refractivity contribution in [1.29, 1.82) is 0 Å². The van der Waals surface area contributed by atoms with Crippen LogP contribution in [0.4, 0.5) is 0 Å². The van der Waals surface area contributed by atoms with Gasteiger partial charge >= 0.3 is 11.9 Å². The molecule has 0 aromatic rings. The highest BCUT2D eigenvalue weighted by molar-refractivity contribution is 5.73. The molecule has 0 saturated heterocycles. The Labute approximate surface area is 148 Å². The van der Waals surface area contributed by atoms with Crippen LogP contribution in [0.25, 0.3) is 0 Å². The van der Waals surface area contributed by atoms with Gasteiger partial charge in [0.1, 0.15) is 12.2 Å². The van der Waals surface area contributed by atoms with Gasteiger partial charge in [-0.1, -0.05) is 68.2 Å². The van der Waals surface area contributed by atoms with E-state index in [2.05, 4.69) is 13.8 Å². The lowest BCUT2D eigenvalue weighted by Crippen LogP contribution is -2.43. The summed E-state index contributed by atoms with van der Waals surface area (Å²) in [6.07, 6.45) is 2.69.